The van der Waals surface area contributed by atoms with Gasteiger partial charge in [0, 0.05) is 16.9 Å². The minimum absolute atomic E-state index is 0.000146. The van der Waals surface area contributed by atoms with E-state index < -0.39 is 22.1 Å². The van der Waals surface area contributed by atoms with E-state index in [1.807, 2.05) is 30.3 Å². The van der Waals surface area contributed by atoms with Gasteiger partial charge in [0.25, 0.3) is 15.9 Å². The first-order chi connectivity index (χ1) is 15.3. The van der Waals surface area contributed by atoms with E-state index in [4.69, 9.17) is 5.73 Å². The van der Waals surface area contributed by atoms with Crippen LogP contribution in [0, 0.1) is 6.92 Å². The molecule has 1 saturated heterocycles. The summed E-state index contributed by atoms with van der Waals surface area (Å²) >= 11 is 0. The zero-order chi connectivity index (χ0) is 22.9. The number of nitrogens with two attached hydrogens (primary N) is 1. The molecule has 4 N–H and O–H groups in total. The minimum Gasteiger partial charge on any atom is -0.399 e. The summed E-state index contributed by atoms with van der Waals surface area (Å²) in [6, 6.07) is 18.9. The van der Waals surface area contributed by atoms with Gasteiger partial charge < -0.3 is 16.4 Å². The summed E-state index contributed by atoms with van der Waals surface area (Å²) in [6.45, 7) is 1.69. The SMILES string of the molecule is Cc1cc(S(=O)(=O)N2C[C@H](c3ccccc3)NC2=O)ccc1NC(=O)c1ccc(N)cc1. The summed E-state index contributed by atoms with van der Waals surface area (Å²) in [5.74, 6) is -0.340. The second kappa shape index (κ2) is 8.35. The Balaban J connectivity index is 1.53. The van der Waals surface area contributed by atoms with Crippen LogP contribution in [0.3, 0.4) is 0 Å². The summed E-state index contributed by atoms with van der Waals surface area (Å²) in [5.41, 5.74) is 8.47. The Morgan fingerprint density at radius 1 is 1.06 bits per heavy atom. The number of hydrogen-bond donors (Lipinski definition) is 3. The molecule has 0 aromatic heterocycles. The summed E-state index contributed by atoms with van der Waals surface area (Å²) in [4.78, 5) is 24.9. The lowest BCUT2D eigenvalue weighted by Gasteiger charge is -2.17. The molecule has 4 rings (SSSR count). The number of aryl methyl sites for hydroxylation is 1. The normalized spacial score (nSPS) is 16.0. The fourth-order valence-corrected chi connectivity index (χ4v) is 4.93. The number of sulfonamides is 1. The highest BCUT2D eigenvalue weighted by Crippen LogP contribution is 2.28. The Bertz CT molecular complexity index is 1280. The van der Waals surface area contributed by atoms with Gasteiger partial charge >= 0.3 is 6.03 Å². The van der Waals surface area contributed by atoms with E-state index in [9.17, 15) is 18.0 Å². The lowest BCUT2D eigenvalue weighted by Crippen LogP contribution is -2.34. The van der Waals surface area contributed by atoms with Crippen LogP contribution in [0.25, 0.3) is 0 Å². The largest absolute Gasteiger partial charge is 0.399 e. The van der Waals surface area contributed by atoms with Gasteiger partial charge in [-0.3, -0.25) is 4.79 Å². The molecule has 1 aliphatic heterocycles. The molecule has 0 aliphatic carbocycles. The predicted molar refractivity (Wildman–Crippen MR) is 122 cm³/mol. The molecule has 32 heavy (non-hydrogen) atoms. The van der Waals surface area contributed by atoms with Gasteiger partial charge in [-0.15, -0.1) is 0 Å². The molecule has 3 aromatic rings. The average molecular weight is 451 g/mol. The van der Waals surface area contributed by atoms with E-state index in [1.54, 1.807) is 31.2 Å². The molecule has 8 nitrogen and oxygen atoms in total. The number of rotatable bonds is 5. The molecular weight excluding hydrogens is 428 g/mol. The van der Waals surface area contributed by atoms with Gasteiger partial charge in [-0.1, -0.05) is 30.3 Å². The van der Waals surface area contributed by atoms with Gasteiger partial charge in [0.15, 0.2) is 0 Å². The quantitative estimate of drug-likeness (QED) is 0.515. The van der Waals surface area contributed by atoms with Gasteiger partial charge in [0.2, 0.25) is 0 Å². The first-order valence-corrected chi connectivity index (χ1v) is 11.4. The first kappa shape index (κ1) is 21.4. The maximum absolute atomic E-state index is 13.1. The molecule has 1 fully saturated rings. The third kappa shape index (κ3) is 4.15. The van der Waals surface area contributed by atoms with Crippen molar-refractivity contribution in [2.45, 2.75) is 17.9 Å². The Labute approximate surface area is 186 Å². The Hall–Kier alpha value is -3.85. The zero-order valence-electron chi connectivity index (χ0n) is 17.3. The molecule has 1 heterocycles. The molecule has 0 unspecified atom stereocenters. The van der Waals surface area contributed by atoms with E-state index in [0.29, 0.717) is 22.5 Å². The smallest absolute Gasteiger partial charge is 0.331 e. The highest BCUT2D eigenvalue weighted by molar-refractivity contribution is 7.89. The van der Waals surface area contributed by atoms with Crippen LogP contribution in [-0.2, 0) is 10.0 Å². The van der Waals surface area contributed by atoms with Crippen molar-refractivity contribution < 1.29 is 18.0 Å². The minimum atomic E-state index is -4.06. The van der Waals surface area contributed by atoms with Crippen molar-refractivity contribution in [3.05, 3.63) is 89.5 Å². The second-order valence-corrected chi connectivity index (χ2v) is 9.36. The number of hydrogen-bond acceptors (Lipinski definition) is 5. The number of carbonyl (C=O) groups excluding carboxylic acids is 2. The Morgan fingerprint density at radius 3 is 2.41 bits per heavy atom. The van der Waals surface area contributed by atoms with E-state index in [2.05, 4.69) is 10.6 Å². The van der Waals surface area contributed by atoms with Crippen molar-refractivity contribution in [1.82, 2.24) is 9.62 Å². The summed E-state index contributed by atoms with van der Waals surface area (Å²) < 4.78 is 27.1. The molecular formula is C23H22N4O4S. The summed E-state index contributed by atoms with van der Waals surface area (Å²) in [7, 11) is -4.06. The monoisotopic (exact) mass is 450 g/mol. The number of urea groups is 1. The third-order valence-electron chi connectivity index (χ3n) is 5.28. The van der Waals surface area contributed by atoms with Crippen molar-refractivity contribution in [2.75, 3.05) is 17.6 Å². The Morgan fingerprint density at radius 2 is 1.75 bits per heavy atom. The van der Waals surface area contributed by atoms with Crippen molar-refractivity contribution in [3.8, 4) is 0 Å². The average Bonchev–Trinajstić information content (AvgIpc) is 3.18. The molecule has 0 bridgehead atoms. The van der Waals surface area contributed by atoms with Crippen LogP contribution in [-0.4, -0.2) is 31.2 Å². The van der Waals surface area contributed by atoms with E-state index in [1.165, 1.54) is 18.2 Å². The highest BCUT2D eigenvalue weighted by Gasteiger charge is 2.38. The van der Waals surface area contributed by atoms with Gasteiger partial charge in [-0.05, 0) is 60.5 Å². The van der Waals surface area contributed by atoms with Crippen LogP contribution in [0.15, 0.2) is 77.7 Å². The van der Waals surface area contributed by atoms with Crippen molar-refractivity contribution in [3.63, 3.8) is 0 Å². The van der Waals surface area contributed by atoms with Crippen LogP contribution in [0.2, 0.25) is 0 Å². The van der Waals surface area contributed by atoms with Crippen LogP contribution < -0.4 is 16.4 Å². The topological polar surface area (TPSA) is 122 Å². The van der Waals surface area contributed by atoms with Crippen LogP contribution in [0.4, 0.5) is 16.2 Å². The third-order valence-corrected chi connectivity index (χ3v) is 7.03. The number of anilines is 2. The highest BCUT2D eigenvalue weighted by atomic mass is 32.2. The molecule has 164 valence electrons. The summed E-state index contributed by atoms with van der Waals surface area (Å²) in [6.07, 6.45) is 0. The predicted octanol–water partition coefficient (Wildman–Crippen LogP) is 3.28. The van der Waals surface area contributed by atoms with Gasteiger partial charge in [0.05, 0.1) is 17.5 Å². The number of benzene rings is 3. The molecule has 0 spiro atoms. The van der Waals surface area contributed by atoms with Gasteiger partial charge in [0.1, 0.15) is 0 Å². The Kier molecular flexibility index (Phi) is 5.58. The second-order valence-electron chi connectivity index (χ2n) is 7.50. The fraction of sp³-hybridized carbons (Fsp3) is 0.130. The van der Waals surface area contributed by atoms with Crippen LogP contribution >= 0.6 is 0 Å². The molecule has 0 radical (unpaired) electrons. The number of nitrogens with one attached hydrogen (secondary N) is 2. The lowest BCUT2D eigenvalue weighted by atomic mass is 10.1. The molecule has 3 amide bonds. The standard InChI is InChI=1S/C23H22N4O4S/c1-15-13-19(11-12-20(15)25-22(28)17-7-9-18(24)10-8-17)32(30,31)27-14-21(26-23(27)29)16-5-3-2-4-6-16/h2-13,21H,14,24H2,1H3,(H,25,28)(H,26,29)/t21-/m1/s1. The molecule has 1 atom stereocenters. The molecule has 1 aliphatic rings. The van der Waals surface area contributed by atoms with Crippen molar-refractivity contribution >= 4 is 33.3 Å². The number of amides is 3. The van der Waals surface area contributed by atoms with Crippen molar-refractivity contribution in [1.29, 1.82) is 0 Å². The zero-order valence-corrected chi connectivity index (χ0v) is 18.1. The maximum atomic E-state index is 13.1. The molecule has 0 saturated carbocycles. The number of nitrogen functional groups attached to an aromatic ring is 1. The number of carbonyl (C=O) groups is 2. The van der Waals surface area contributed by atoms with E-state index >= 15 is 0 Å². The van der Waals surface area contributed by atoms with Crippen LogP contribution in [0.5, 0.6) is 0 Å². The summed E-state index contributed by atoms with van der Waals surface area (Å²) in [5, 5.41) is 5.48. The maximum Gasteiger partial charge on any atom is 0.331 e. The van der Waals surface area contributed by atoms with E-state index in [0.717, 1.165) is 9.87 Å². The number of nitrogens with zero attached hydrogens (tertiary/aromatic N) is 1. The fourth-order valence-electron chi connectivity index (χ4n) is 3.49. The van der Waals surface area contributed by atoms with E-state index in [-0.39, 0.29) is 17.3 Å². The molecule has 9 heteroatoms. The molecule has 3 aromatic carbocycles. The van der Waals surface area contributed by atoms with Gasteiger partial charge in [-0.25, -0.2) is 17.5 Å². The van der Waals surface area contributed by atoms with Crippen LogP contribution in [0.1, 0.15) is 27.5 Å². The van der Waals surface area contributed by atoms with Crippen molar-refractivity contribution in [2.24, 2.45) is 0 Å². The first-order valence-electron chi connectivity index (χ1n) is 9.91. The van der Waals surface area contributed by atoms with Gasteiger partial charge in [-0.2, -0.15) is 0 Å². The lowest BCUT2D eigenvalue weighted by molar-refractivity contribution is 0.102.